The minimum atomic E-state index is -3.57. The largest absolute Gasteiger partial charge is 0.497 e. The summed E-state index contributed by atoms with van der Waals surface area (Å²) in [5.41, 5.74) is 0. The van der Waals surface area contributed by atoms with Crippen molar-refractivity contribution < 1.29 is 17.9 Å². The van der Waals surface area contributed by atoms with Gasteiger partial charge >= 0.3 is 0 Å². The molecule has 0 fully saturated rings. The molecule has 0 radical (unpaired) electrons. The summed E-state index contributed by atoms with van der Waals surface area (Å²) in [6.45, 7) is 0.995. The van der Waals surface area contributed by atoms with Gasteiger partial charge in [0.15, 0.2) is 0 Å². The summed E-state index contributed by atoms with van der Waals surface area (Å²) >= 11 is 0. The normalized spacial score (nSPS) is 20.2. The average Bonchev–Trinajstić information content (AvgIpc) is 2.58. The van der Waals surface area contributed by atoms with Gasteiger partial charge in [0.05, 0.1) is 13.7 Å². The number of benzene rings is 1. The lowest BCUT2D eigenvalue weighted by Gasteiger charge is -2.20. The molecule has 0 aromatic heterocycles. The van der Waals surface area contributed by atoms with Gasteiger partial charge in [-0.2, -0.15) is 0 Å². The molecule has 1 aromatic carbocycles. The summed E-state index contributed by atoms with van der Waals surface area (Å²) in [7, 11) is -0.389. The Balaban J connectivity index is 2.29. The Kier molecular flexibility index (Phi) is 7.12. The molecule has 1 aliphatic rings. The lowest BCUT2D eigenvalue weighted by Crippen LogP contribution is -2.28. The topological polar surface area (TPSA) is 55.8 Å². The second-order valence-electron chi connectivity index (χ2n) is 5.95. The van der Waals surface area contributed by atoms with Crippen LogP contribution in [0.25, 0.3) is 0 Å². The Bertz CT molecular complexity index is 655. The van der Waals surface area contributed by atoms with Gasteiger partial charge in [-0.1, -0.05) is 12.2 Å². The zero-order valence-corrected chi connectivity index (χ0v) is 15.3. The van der Waals surface area contributed by atoms with Crippen LogP contribution in [0, 0.1) is 0 Å². The first-order valence-electron chi connectivity index (χ1n) is 8.48. The summed E-state index contributed by atoms with van der Waals surface area (Å²) < 4.78 is 38.1. The molecule has 24 heavy (non-hydrogen) atoms. The molecule has 0 unspecified atom stereocenters. The van der Waals surface area contributed by atoms with Gasteiger partial charge in [0.25, 0.3) is 0 Å². The van der Waals surface area contributed by atoms with Crippen LogP contribution in [0.1, 0.15) is 38.5 Å². The molecule has 0 saturated carbocycles. The Hall–Kier alpha value is -1.53. The van der Waals surface area contributed by atoms with E-state index in [-0.39, 0.29) is 4.90 Å². The van der Waals surface area contributed by atoms with Crippen LogP contribution < -0.4 is 9.47 Å². The SMILES string of the molecule is COc1ccc2c(c1)OCCCCC=CCCCCN(C)S2(=O)=O. The van der Waals surface area contributed by atoms with Crippen LogP contribution in [-0.2, 0) is 10.0 Å². The highest BCUT2D eigenvalue weighted by atomic mass is 32.2. The molecule has 2 rings (SSSR count). The molecule has 0 amide bonds. The Morgan fingerprint density at radius 1 is 1.08 bits per heavy atom. The molecule has 6 heteroatoms. The summed E-state index contributed by atoms with van der Waals surface area (Å²) in [5.74, 6) is 0.957. The highest BCUT2D eigenvalue weighted by molar-refractivity contribution is 7.89. The van der Waals surface area contributed by atoms with Crippen LogP contribution in [0.15, 0.2) is 35.2 Å². The van der Waals surface area contributed by atoms with Crippen molar-refractivity contribution in [2.45, 2.75) is 43.4 Å². The van der Waals surface area contributed by atoms with Crippen molar-refractivity contribution >= 4 is 10.0 Å². The summed E-state index contributed by atoms with van der Waals surface area (Å²) in [4.78, 5) is 0.207. The third-order valence-corrected chi connectivity index (χ3v) is 6.02. The molecule has 1 aliphatic heterocycles. The van der Waals surface area contributed by atoms with Crippen LogP contribution in [0.2, 0.25) is 0 Å². The van der Waals surface area contributed by atoms with E-state index in [0.717, 1.165) is 38.5 Å². The number of nitrogens with zero attached hydrogens (tertiary/aromatic N) is 1. The van der Waals surface area contributed by atoms with Crippen LogP contribution in [-0.4, -0.2) is 40.0 Å². The summed E-state index contributed by atoms with van der Waals surface area (Å²) in [5, 5.41) is 0. The quantitative estimate of drug-likeness (QED) is 0.724. The first-order valence-corrected chi connectivity index (χ1v) is 9.92. The second-order valence-corrected chi connectivity index (χ2v) is 7.96. The fourth-order valence-corrected chi connectivity index (χ4v) is 3.93. The maximum Gasteiger partial charge on any atom is 0.246 e. The van der Waals surface area contributed by atoms with E-state index < -0.39 is 10.0 Å². The van der Waals surface area contributed by atoms with Gasteiger partial charge in [0.1, 0.15) is 16.4 Å². The van der Waals surface area contributed by atoms with E-state index in [4.69, 9.17) is 9.47 Å². The van der Waals surface area contributed by atoms with E-state index >= 15 is 0 Å². The Labute approximate surface area is 145 Å². The molecular weight excluding hydrogens is 326 g/mol. The van der Waals surface area contributed by atoms with Crippen LogP contribution in [0.3, 0.4) is 0 Å². The van der Waals surface area contributed by atoms with E-state index in [9.17, 15) is 8.42 Å². The van der Waals surface area contributed by atoms with Gasteiger partial charge in [0.2, 0.25) is 10.0 Å². The molecule has 0 bridgehead atoms. The molecule has 0 atom stereocenters. The lowest BCUT2D eigenvalue weighted by atomic mass is 10.2. The highest BCUT2D eigenvalue weighted by Crippen LogP contribution is 2.31. The molecule has 1 heterocycles. The Morgan fingerprint density at radius 2 is 1.79 bits per heavy atom. The van der Waals surface area contributed by atoms with Crippen molar-refractivity contribution in [3.63, 3.8) is 0 Å². The fourth-order valence-electron chi connectivity index (χ4n) is 2.61. The van der Waals surface area contributed by atoms with E-state index in [1.54, 1.807) is 32.4 Å². The zero-order valence-electron chi connectivity index (χ0n) is 14.5. The minimum absolute atomic E-state index is 0.207. The van der Waals surface area contributed by atoms with Crippen molar-refractivity contribution in [1.29, 1.82) is 0 Å². The number of rotatable bonds is 1. The number of sulfonamides is 1. The van der Waals surface area contributed by atoms with Crippen molar-refractivity contribution in [2.24, 2.45) is 0 Å². The Morgan fingerprint density at radius 3 is 2.50 bits per heavy atom. The number of hydrogen-bond acceptors (Lipinski definition) is 4. The third kappa shape index (κ3) is 4.98. The van der Waals surface area contributed by atoms with Crippen molar-refractivity contribution in [2.75, 3.05) is 27.3 Å². The van der Waals surface area contributed by atoms with Crippen molar-refractivity contribution in [3.05, 3.63) is 30.4 Å². The maximum atomic E-state index is 12.9. The number of allylic oxidation sites excluding steroid dienone is 2. The maximum absolute atomic E-state index is 12.9. The van der Waals surface area contributed by atoms with Gasteiger partial charge in [-0.05, 0) is 50.7 Å². The molecule has 0 spiro atoms. The minimum Gasteiger partial charge on any atom is -0.497 e. The number of methoxy groups -OCH3 is 1. The molecule has 5 nitrogen and oxygen atoms in total. The van der Waals surface area contributed by atoms with Gasteiger partial charge in [-0.15, -0.1) is 0 Å². The molecule has 134 valence electrons. The standard InChI is InChI=1S/C18H27NO4S/c1-19-13-9-7-5-3-4-6-8-10-14-23-17-15-16(22-2)11-12-18(17)24(19,20)21/h3-4,11-12,15H,5-10,13-14H2,1-2H3. The highest BCUT2D eigenvalue weighted by Gasteiger charge is 2.25. The summed E-state index contributed by atoms with van der Waals surface area (Å²) in [6.07, 6.45) is 10.2. The number of hydrogen-bond donors (Lipinski definition) is 0. The van der Waals surface area contributed by atoms with Gasteiger partial charge in [-0.3, -0.25) is 0 Å². The van der Waals surface area contributed by atoms with Gasteiger partial charge in [0, 0.05) is 19.7 Å². The van der Waals surface area contributed by atoms with Gasteiger partial charge < -0.3 is 9.47 Å². The summed E-state index contributed by atoms with van der Waals surface area (Å²) in [6, 6.07) is 4.88. The zero-order chi connectivity index (χ0) is 17.4. The van der Waals surface area contributed by atoms with Crippen LogP contribution in [0.4, 0.5) is 0 Å². The number of ether oxygens (including phenoxy) is 2. The molecular formula is C18H27NO4S. The van der Waals surface area contributed by atoms with Crippen LogP contribution in [0.5, 0.6) is 11.5 Å². The molecule has 0 N–H and O–H groups in total. The monoisotopic (exact) mass is 353 g/mol. The van der Waals surface area contributed by atoms with E-state index in [1.165, 1.54) is 4.31 Å². The van der Waals surface area contributed by atoms with Crippen LogP contribution >= 0.6 is 0 Å². The first-order chi connectivity index (χ1) is 11.6. The van der Waals surface area contributed by atoms with Gasteiger partial charge in [-0.25, -0.2) is 12.7 Å². The second kappa shape index (κ2) is 9.08. The fraction of sp³-hybridized carbons (Fsp3) is 0.556. The molecule has 0 aliphatic carbocycles. The van der Waals surface area contributed by atoms with E-state index in [0.29, 0.717) is 24.7 Å². The van der Waals surface area contributed by atoms with E-state index in [2.05, 4.69) is 12.2 Å². The molecule has 0 saturated heterocycles. The van der Waals surface area contributed by atoms with E-state index in [1.807, 2.05) is 0 Å². The number of fused-ring (bicyclic) bond motifs is 1. The van der Waals surface area contributed by atoms with Crippen molar-refractivity contribution in [1.82, 2.24) is 4.31 Å². The smallest absolute Gasteiger partial charge is 0.246 e. The van der Waals surface area contributed by atoms with Crippen molar-refractivity contribution in [3.8, 4) is 11.5 Å². The first kappa shape index (κ1) is 18.8. The lowest BCUT2D eigenvalue weighted by molar-refractivity contribution is 0.296. The predicted molar refractivity (Wildman–Crippen MR) is 95.1 cm³/mol. The molecule has 1 aromatic rings. The predicted octanol–water partition coefficient (Wildman–Crippen LogP) is 3.60. The third-order valence-electron chi connectivity index (χ3n) is 4.12. The average molecular weight is 353 g/mol.